The van der Waals surface area contributed by atoms with Gasteiger partial charge in [-0.15, -0.1) is 0 Å². The van der Waals surface area contributed by atoms with Crippen LogP contribution in [0.4, 0.5) is 0 Å². The van der Waals surface area contributed by atoms with Gasteiger partial charge >= 0.3 is 0 Å². The number of benzene rings is 1. The topological polar surface area (TPSA) is 15.3 Å². The van der Waals surface area contributed by atoms with E-state index in [1.807, 2.05) is 0 Å². The lowest BCUT2D eigenvalue weighted by Gasteiger charge is -2.40. The summed E-state index contributed by atoms with van der Waals surface area (Å²) in [4.78, 5) is 2.75. The molecule has 0 spiro atoms. The van der Waals surface area contributed by atoms with Crippen molar-refractivity contribution in [3.8, 4) is 0 Å². The third kappa shape index (κ3) is 3.91. The summed E-state index contributed by atoms with van der Waals surface area (Å²) < 4.78 is 0. The maximum Gasteiger partial charge on any atom is 0.0350 e. The second kappa shape index (κ2) is 7.61. The zero-order valence-corrected chi connectivity index (χ0v) is 14.4. The number of rotatable bonds is 5. The second-order valence-electron chi connectivity index (χ2n) is 7.55. The lowest BCUT2D eigenvalue weighted by molar-refractivity contribution is 0.130. The van der Waals surface area contributed by atoms with Crippen molar-refractivity contribution in [3.05, 3.63) is 35.4 Å². The molecule has 1 aromatic rings. The van der Waals surface area contributed by atoms with Crippen molar-refractivity contribution in [2.24, 2.45) is 5.92 Å². The fourth-order valence-corrected chi connectivity index (χ4v) is 4.10. The van der Waals surface area contributed by atoms with Gasteiger partial charge in [0.15, 0.2) is 0 Å². The first-order chi connectivity index (χ1) is 10.7. The highest BCUT2D eigenvalue weighted by Crippen LogP contribution is 2.35. The maximum absolute atomic E-state index is 3.77. The van der Waals surface area contributed by atoms with Gasteiger partial charge in [-0.25, -0.2) is 0 Å². The number of hydrogen-bond acceptors (Lipinski definition) is 2. The number of fused-ring (bicyclic) bond motifs is 1. The molecule has 1 fully saturated rings. The van der Waals surface area contributed by atoms with Gasteiger partial charge in [0.25, 0.3) is 0 Å². The molecule has 1 aromatic carbocycles. The first-order valence-electron chi connectivity index (χ1n) is 9.29. The summed E-state index contributed by atoms with van der Waals surface area (Å²) in [6.07, 6.45) is 7.92. The van der Waals surface area contributed by atoms with Crippen LogP contribution in [0.25, 0.3) is 0 Å². The van der Waals surface area contributed by atoms with E-state index in [1.165, 1.54) is 58.2 Å². The average molecular weight is 300 g/mol. The fraction of sp³-hybridized carbons (Fsp3) is 0.700. The SMILES string of the molecule is CC(C)CCNC1CCN([C@H]2CCCc3ccccc32)CC1. The minimum absolute atomic E-state index is 0.682. The Balaban J connectivity index is 1.52. The summed E-state index contributed by atoms with van der Waals surface area (Å²) in [6.45, 7) is 8.33. The molecule has 1 atom stereocenters. The van der Waals surface area contributed by atoms with Gasteiger partial charge in [0.1, 0.15) is 0 Å². The Bertz CT molecular complexity index is 461. The Morgan fingerprint density at radius 1 is 1.14 bits per heavy atom. The van der Waals surface area contributed by atoms with Gasteiger partial charge in [-0.05, 0) is 62.1 Å². The molecule has 0 amide bonds. The minimum atomic E-state index is 0.682. The highest BCUT2D eigenvalue weighted by atomic mass is 15.2. The molecular weight excluding hydrogens is 268 g/mol. The standard InChI is InChI=1S/C20H32N2/c1-16(2)10-13-21-18-11-14-22(15-12-18)20-9-5-7-17-6-3-4-8-19(17)20/h3-4,6,8,16,18,20-21H,5,7,9-15H2,1-2H3/t20-/m0/s1. The van der Waals surface area contributed by atoms with E-state index in [0.29, 0.717) is 6.04 Å². The minimum Gasteiger partial charge on any atom is -0.314 e. The highest BCUT2D eigenvalue weighted by molar-refractivity contribution is 5.32. The summed E-state index contributed by atoms with van der Waals surface area (Å²) in [6, 6.07) is 10.5. The molecule has 1 saturated heterocycles. The van der Waals surface area contributed by atoms with Gasteiger partial charge in [0.05, 0.1) is 0 Å². The predicted octanol–water partition coefficient (Wildman–Crippen LogP) is 4.16. The van der Waals surface area contributed by atoms with Crippen LogP contribution in [0.5, 0.6) is 0 Å². The summed E-state index contributed by atoms with van der Waals surface area (Å²) in [5.41, 5.74) is 3.20. The van der Waals surface area contributed by atoms with Crippen LogP contribution >= 0.6 is 0 Å². The molecule has 1 N–H and O–H groups in total. The lowest BCUT2D eigenvalue weighted by atomic mass is 9.86. The molecular formula is C20H32N2. The van der Waals surface area contributed by atoms with Gasteiger partial charge in [0, 0.05) is 25.2 Å². The number of hydrogen-bond donors (Lipinski definition) is 1. The van der Waals surface area contributed by atoms with E-state index >= 15 is 0 Å². The van der Waals surface area contributed by atoms with Crippen molar-refractivity contribution in [2.45, 2.75) is 64.5 Å². The van der Waals surface area contributed by atoms with E-state index < -0.39 is 0 Å². The van der Waals surface area contributed by atoms with Crippen LogP contribution in [0.15, 0.2) is 24.3 Å². The van der Waals surface area contributed by atoms with E-state index in [-0.39, 0.29) is 0 Å². The van der Waals surface area contributed by atoms with Crippen LogP contribution in [-0.2, 0) is 6.42 Å². The van der Waals surface area contributed by atoms with Gasteiger partial charge < -0.3 is 5.32 Å². The Labute approximate surface area is 136 Å². The molecule has 0 bridgehead atoms. The van der Waals surface area contributed by atoms with Crippen molar-refractivity contribution < 1.29 is 0 Å². The van der Waals surface area contributed by atoms with Gasteiger partial charge in [0.2, 0.25) is 0 Å². The van der Waals surface area contributed by atoms with Crippen LogP contribution in [0.1, 0.15) is 63.1 Å². The normalized spacial score (nSPS) is 23.7. The summed E-state index contributed by atoms with van der Waals surface area (Å²) in [5, 5.41) is 3.77. The van der Waals surface area contributed by atoms with Gasteiger partial charge in [-0.3, -0.25) is 4.90 Å². The smallest absolute Gasteiger partial charge is 0.0350 e. The zero-order valence-electron chi connectivity index (χ0n) is 14.4. The van der Waals surface area contributed by atoms with Gasteiger partial charge in [-0.1, -0.05) is 38.1 Å². The van der Waals surface area contributed by atoms with Crippen LogP contribution in [-0.4, -0.2) is 30.6 Å². The van der Waals surface area contributed by atoms with Crippen molar-refractivity contribution in [1.29, 1.82) is 0 Å². The Morgan fingerprint density at radius 2 is 1.91 bits per heavy atom. The largest absolute Gasteiger partial charge is 0.314 e. The van der Waals surface area contributed by atoms with Crippen LogP contribution in [0, 0.1) is 5.92 Å². The highest BCUT2D eigenvalue weighted by Gasteiger charge is 2.28. The monoisotopic (exact) mass is 300 g/mol. The van der Waals surface area contributed by atoms with E-state index in [4.69, 9.17) is 0 Å². The molecule has 3 rings (SSSR count). The van der Waals surface area contributed by atoms with Crippen molar-refractivity contribution in [2.75, 3.05) is 19.6 Å². The molecule has 0 unspecified atom stereocenters. The third-order valence-corrected chi connectivity index (χ3v) is 5.46. The van der Waals surface area contributed by atoms with E-state index in [0.717, 1.165) is 12.0 Å². The van der Waals surface area contributed by atoms with Crippen LogP contribution in [0.2, 0.25) is 0 Å². The molecule has 2 aliphatic rings. The molecule has 0 saturated carbocycles. The van der Waals surface area contributed by atoms with E-state index in [1.54, 1.807) is 11.1 Å². The number of aryl methyl sites for hydroxylation is 1. The van der Waals surface area contributed by atoms with Crippen molar-refractivity contribution in [3.63, 3.8) is 0 Å². The second-order valence-corrected chi connectivity index (χ2v) is 7.55. The maximum atomic E-state index is 3.77. The predicted molar refractivity (Wildman–Crippen MR) is 94.2 cm³/mol. The lowest BCUT2D eigenvalue weighted by Crippen LogP contribution is -2.44. The molecule has 122 valence electrons. The zero-order chi connectivity index (χ0) is 15.4. The van der Waals surface area contributed by atoms with Gasteiger partial charge in [-0.2, -0.15) is 0 Å². The molecule has 0 radical (unpaired) electrons. The molecule has 2 nitrogen and oxygen atoms in total. The number of piperidine rings is 1. The summed E-state index contributed by atoms with van der Waals surface area (Å²) in [7, 11) is 0. The molecule has 1 aliphatic carbocycles. The third-order valence-electron chi connectivity index (χ3n) is 5.46. The molecule has 2 heteroatoms. The first-order valence-corrected chi connectivity index (χ1v) is 9.29. The van der Waals surface area contributed by atoms with Crippen molar-refractivity contribution in [1.82, 2.24) is 10.2 Å². The Kier molecular flexibility index (Phi) is 5.54. The number of likely N-dealkylation sites (tertiary alicyclic amines) is 1. The first kappa shape index (κ1) is 16.0. The summed E-state index contributed by atoms with van der Waals surface area (Å²) in [5.74, 6) is 0.811. The van der Waals surface area contributed by atoms with E-state index in [9.17, 15) is 0 Å². The molecule has 22 heavy (non-hydrogen) atoms. The Hall–Kier alpha value is -0.860. The van der Waals surface area contributed by atoms with Crippen molar-refractivity contribution >= 4 is 0 Å². The number of nitrogens with zero attached hydrogens (tertiary/aromatic N) is 1. The average Bonchev–Trinajstić information content (AvgIpc) is 2.55. The molecule has 1 aliphatic heterocycles. The van der Waals surface area contributed by atoms with Crippen LogP contribution < -0.4 is 5.32 Å². The fourth-order valence-electron chi connectivity index (χ4n) is 4.10. The van der Waals surface area contributed by atoms with E-state index in [2.05, 4.69) is 48.3 Å². The van der Waals surface area contributed by atoms with Crippen LogP contribution in [0.3, 0.4) is 0 Å². The number of nitrogens with one attached hydrogen (secondary N) is 1. The Morgan fingerprint density at radius 3 is 2.68 bits per heavy atom. The molecule has 1 heterocycles. The molecule has 0 aromatic heterocycles. The quantitative estimate of drug-likeness (QED) is 0.878. The summed E-state index contributed by atoms with van der Waals surface area (Å²) >= 11 is 0.